The van der Waals surface area contributed by atoms with E-state index < -0.39 is 10.8 Å². The van der Waals surface area contributed by atoms with E-state index in [-0.39, 0.29) is 0 Å². The molecule has 1 aliphatic rings. The number of nitrogens with one attached hydrogen (secondary N) is 1. The molecule has 0 aromatic rings. The van der Waals surface area contributed by atoms with Crippen molar-refractivity contribution in [3.63, 3.8) is 0 Å². The minimum absolute atomic E-state index is 0.362. The van der Waals surface area contributed by atoms with Gasteiger partial charge in [0.05, 0.1) is 5.25 Å². The van der Waals surface area contributed by atoms with Crippen molar-refractivity contribution in [1.29, 1.82) is 0 Å². The highest BCUT2D eigenvalue weighted by Crippen LogP contribution is 2.41. The van der Waals surface area contributed by atoms with Gasteiger partial charge in [-0.15, -0.1) is 0 Å². The smallest absolute Gasteiger partial charge is 0.0503 e. The lowest BCUT2D eigenvalue weighted by molar-refractivity contribution is 0.141. The maximum atomic E-state index is 12.7. The molecule has 2 nitrogen and oxygen atoms in total. The van der Waals surface area contributed by atoms with Gasteiger partial charge in [0.2, 0.25) is 0 Å². The van der Waals surface area contributed by atoms with Gasteiger partial charge >= 0.3 is 0 Å². The van der Waals surface area contributed by atoms with Crippen LogP contribution in [0.3, 0.4) is 0 Å². The van der Waals surface area contributed by atoms with Crippen LogP contribution >= 0.6 is 0 Å². The van der Waals surface area contributed by atoms with Crippen LogP contribution < -0.4 is 5.32 Å². The Morgan fingerprint density at radius 2 is 1.90 bits per heavy atom. The number of hydrogen-bond acceptors (Lipinski definition) is 2. The van der Waals surface area contributed by atoms with Gasteiger partial charge in [0, 0.05) is 22.6 Å². The second-order valence-electron chi connectivity index (χ2n) is 7.08. The van der Waals surface area contributed by atoms with Crippen LogP contribution in [-0.4, -0.2) is 28.3 Å². The molecule has 1 aliphatic carbocycles. The van der Waals surface area contributed by atoms with Gasteiger partial charge in [0.15, 0.2) is 0 Å². The van der Waals surface area contributed by atoms with Crippen molar-refractivity contribution in [2.75, 3.05) is 12.8 Å². The maximum absolute atomic E-state index is 12.7. The Morgan fingerprint density at radius 3 is 2.45 bits per heavy atom. The van der Waals surface area contributed by atoms with Crippen LogP contribution in [0.15, 0.2) is 0 Å². The first kappa shape index (κ1) is 18.2. The molecular weight excluding hydrogens is 266 g/mol. The Labute approximate surface area is 128 Å². The average molecular weight is 302 g/mol. The second kappa shape index (κ2) is 8.53. The van der Waals surface area contributed by atoms with Gasteiger partial charge in [-0.25, -0.2) is 0 Å². The molecule has 20 heavy (non-hydrogen) atoms. The van der Waals surface area contributed by atoms with Crippen LogP contribution in [0.4, 0.5) is 0 Å². The normalized spacial score (nSPS) is 29.4. The molecule has 1 saturated carbocycles. The van der Waals surface area contributed by atoms with Gasteiger partial charge in [-0.05, 0) is 44.1 Å². The predicted octanol–water partition coefficient (Wildman–Crippen LogP) is 4.12. The van der Waals surface area contributed by atoms with E-state index >= 15 is 0 Å². The van der Waals surface area contributed by atoms with Gasteiger partial charge in [-0.1, -0.05) is 47.0 Å². The average Bonchev–Trinajstić information content (AvgIpc) is 2.46. The summed E-state index contributed by atoms with van der Waals surface area (Å²) < 4.78 is 12.7. The Kier molecular flexibility index (Phi) is 7.74. The quantitative estimate of drug-likeness (QED) is 0.683. The summed E-state index contributed by atoms with van der Waals surface area (Å²) in [6.07, 6.45) is 8.39. The molecule has 0 bridgehead atoms. The summed E-state index contributed by atoms with van der Waals surface area (Å²) in [5, 5.41) is 3.78. The molecule has 3 heteroatoms. The van der Waals surface area contributed by atoms with E-state index in [2.05, 4.69) is 33.0 Å². The van der Waals surface area contributed by atoms with Crippen molar-refractivity contribution >= 4 is 10.8 Å². The van der Waals surface area contributed by atoms with Gasteiger partial charge < -0.3 is 5.32 Å². The Morgan fingerprint density at radius 1 is 1.20 bits per heavy atom. The molecule has 0 amide bonds. The van der Waals surface area contributed by atoms with Crippen LogP contribution in [0.2, 0.25) is 0 Å². The lowest BCUT2D eigenvalue weighted by atomic mass is 9.68. The molecule has 4 unspecified atom stereocenters. The van der Waals surface area contributed by atoms with E-state index in [1.54, 1.807) is 0 Å². The molecule has 0 heterocycles. The summed E-state index contributed by atoms with van der Waals surface area (Å²) in [4.78, 5) is 0. The Balaban J connectivity index is 2.65. The van der Waals surface area contributed by atoms with Crippen molar-refractivity contribution in [2.45, 2.75) is 83.9 Å². The fourth-order valence-electron chi connectivity index (χ4n) is 3.39. The van der Waals surface area contributed by atoms with Gasteiger partial charge in [-0.2, -0.15) is 0 Å². The van der Waals surface area contributed by atoms with Crippen LogP contribution in [-0.2, 0) is 10.8 Å². The van der Waals surface area contributed by atoms with E-state index in [1.807, 2.05) is 7.05 Å². The number of unbranched alkanes of at least 4 members (excludes halogenated alkanes) is 2. The fraction of sp³-hybridized carbons (Fsp3) is 1.00. The number of hydrogen-bond donors (Lipinski definition) is 1. The van der Waals surface area contributed by atoms with Crippen LogP contribution in [0, 0.1) is 11.3 Å². The van der Waals surface area contributed by atoms with Gasteiger partial charge in [0.25, 0.3) is 0 Å². The molecule has 0 aromatic heterocycles. The second-order valence-corrected chi connectivity index (χ2v) is 8.85. The minimum Gasteiger partial charge on any atom is -0.316 e. The first-order valence-corrected chi connectivity index (χ1v) is 9.88. The van der Waals surface area contributed by atoms with Crippen molar-refractivity contribution in [1.82, 2.24) is 5.32 Å². The molecule has 0 saturated heterocycles. The summed E-state index contributed by atoms with van der Waals surface area (Å²) in [6.45, 7) is 9.26. The molecule has 0 spiro atoms. The largest absolute Gasteiger partial charge is 0.316 e. The molecular formula is C17H35NOS. The topological polar surface area (TPSA) is 29.1 Å². The lowest BCUT2D eigenvalue weighted by Gasteiger charge is -2.42. The molecule has 120 valence electrons. The summed E-state index contributed by atoms with van der Waals surface area (Å²) in [5.74, 6) is 1.63. The molecule has 1 N–H and O–H groups in total. The summed E-state index contributed by atoms with van der Waals surface area (Å²) in [5.41, 5.74) is 0.393. The van der Waals surface area contributed by atoms with Crippen molar-refractivity contribution in [2.24, 2.45) is 11.3 Å². The first-order valence-electron chi connectivity index (χ1n) is 8.50. The van der Waals surface area contributed by atoms with Gasteiger partial charge in [0.1, 0.15) is 0 Å². The lowest BCUT2D eigenvalue weighted by Crippen LogP contribution is -2.47. The zero-order valence-corrected chi connectivity index (χ0v) is 15.0. The molecule has 0 aromatic carbocycles. The monoisotopic (exact) mass is 301 g/mol. The zero-order chi connectivity index (χ0) is 15.2. The highest BCUT2D eigenvalue weighted by molar-refractivity contribution is 7.85. The van der Waals surface area contributed by atoms with E-state index in [0.717, 1.165) is 24.5 Å². The van der Waals surface area contributed by atoms with Crippen LogP contribution in [0.5, 0.6) is 0 Å². The van der Waals surface area contributed by atoms with Crippen LogP contribution in [0.25, 0.3) is 0 Å². The van der Waals surface area contributed by atoms with E-state index in [0.29, 0.717) is 16.7 Å². The van der Waals surface area contributed by atoms with E-state index in [4.69, 9.17) is 0 Å². The Bertz CT molecular complexity index is 303. The standard InChI is InChI=1S/C17H35NOS/c1-6-8-9-12-20(19)16-13-14(17(3,4)7-2)10-11-15(16)18-5/h14-16,18H,6-13H2,1-5H3. The van der Waals surface area contributed by atoms with Crippen molar-refractivity contribution < 1.29 is 4.21 Å². The third-order valence-corrected chi connectivity index (χ3v) is 7.35. The maximum Gasteiger partial charge on any atom is 0.0503 e. The first-order chi connectivity index (χ1) is 9.46. The molecule has 0 aliphatic heterocycles. The predicted molar refractivity (Wildman–Crippen MR) is 90.6 cm³/mol. The zero-order valence-electron chi connectivity index (χ0n) is 14.2. The molecule has 1 rings (SSSR count). The SMILES string of the molecule is CCCCCS(=O)C1CC(C(C)(C)CC)CCC1NC. The van der Waals surface area contributed by atoms with Crippen molar-refractivity contribution in [3.05, 3.63) is 0 Å². The van der Waals surface area contributed by atoms with E-state index in [9.17, 15) is 4.21 Å². The summed E-state index contributed by atoms with van der Waals surface area (Å²) >= 11 is 0. The van der Waals surface area contributed by atoms with Gasteiger partial charge in [-0.3, -0.25) is 4.21 Å². The van der Waals surface area contributed by atoms with E-state index in [1.165, 1.54) is 32.1 Å². The fourth-order valence-corrected chi connectivity index (χ4v) is 5.27. The third-order valence-electron chi connectivity index (χ3n) is 5.47. The third kappa shape index (κ3) is 4.84. The molecule has 4 atom stereocenters. The summed E-state index contributed by atoms with van der Waals surface area (Å²) in [7, 11) is 1.38. The molecule has 0 radical (unpaired) electrons. The van der Waals surface area contributed by atoms with Crippen LogP contribution in [0.1, 0.15) is 72.6 Å². The number of rotatable bonds is 8. The minimum atomic E-state index is -0.658. The molecule has 1 fully saturated rings. The van der Waals surface area contributed by atoms with Crippen molar-refractivity contribution in [3.8, 4) is 0 Å². The Hall–Kier alpha value is 0.110. The summed E-state index contributed by atoms with van der Waals surface area (Å²) in [6, 6.07) is 0.460. The highest BCUT2D eigenvalue weighted by atomic mass is 32.2. The highest BCUT2D eigenvalue weighted by Gasteiger charge is 2.38.